The number of nitrogens with two attached hydrogens (primary N) is 1. The van der Waals surface area contributed by atoms with Gasteiger partial charge in [-0.25, -0.2) is 0 Å². The van der Waals surface area contributed by atoms with Crippen molar-refractivity contribution in [1.82, 2.24) is 0 Å². The minimum Gasteiger partial charge on any atom is -0.368 e. The number of primary amides is 1. The van der Waals surface area contributed by atoms with E-state index < -0.39 is 11.4 Å². The van der Waals surface area contributed by atoms with E-state index in [4.69, 9.17) is 17.3 Å². The first-order chi connectivity index (χ1) is 9.81. The van der Waals surface area contributed by atoms with Gasteiger partial charge in [0, 0.05) is 10.7 Å². The number of rotatable bonds is 4. The molecule has 0 spiro atoms. The van der Waals surface area contributed by atoms with E-state index in [1.807, 2.05) is 38.1 Å². The topological polar surface area (TPSA) is 55.1 Å². The van der Waals surface area contributed by atoms with Gasteiger partial charge in [-0.2, -0.15) is 0 Å². The van der Waals surface area contributed by atoms with Crippen molar-refractivity contribution in [3.8, 4) is 0 Å². The number of halogens is 1. The Morgan fingerprint density at radius 3 is 2.10 bits per heavy atom. The number of anilines is 1. The highest BCUT2D eigenvalue weighted by atomic mass is 35.5. The fourth-order valence-corrected chi connectivity index (χ4v) is 2.49. The highest BCUT2D eigenvalue weighted by Gasteiger charge is 2.33. The Bertz CT molecular complexity index is 647. The van der Waals surface area contributed by atoms with E-state index in [9.17, 15) is 4.79 Å². The molecular weight excluding hydrogens is 284 g/mol. The van der Waals surface area contributed by atoms with Gasteiger partial charge in [-0.15, -0.1) is 0 Å². The summed E-state index contributed by atoms with van der Waals surface area (Å²) >= 11 is 5.88. The molecule has 3 nitrogen and oxygen atoms in total. The fraction of sp³-hybridized carbons (Fsp3) is 0.235. The summed E-state index contributed by atoms with van der Waals surface area (Å²) in [5.74, 6) is -0.428. The lowest BCUT2D eigenvalue weighted by Gasteiger charge is -2.30. The van der Waals surface area contributed by atoms with E-state index in [1.165, 1.54) is 0 Å². The molecule has 4 heteroatoms. The van der Waals surface area contributed by atoms with Crippen molar-refractivity contribution in [2.45, 2.75) is 26.3 Å². The number of benzene rings is 2. The Labute approximate surface area is 130 Å². The second-order valence-electron chi connectivity index (χ2n) is 5.50. The van der Waals surface area contributed by atoms with Gasteiger partial charge in [-0.3, -0.25) is 4.79 Å². The molecule has 0 saturated heterocycles. The molecule has 0 heterocycles. The van der Waals surface area contributed by atoms with Gasteiger partial charge >= 0.3 is 0 Å². The van der Waals surface area contributed by atoms with E-state index in [0.717, 1.165) is 22.4 Å². The van der Waals surface area contributed by atoms with E-state index in [0.29, 0.717) is 5.02 Å². The zero-order chi connectivity index (χ0) is 15.6. The normalized spacial score (nSPS) is 13.5. The molecule has 0 bridgehead atoms. The van der Waals surface area contributed by atoms with E-state index in [2.05, 4.69) is 11.4 Å². The molecule has 2 rings (SSSR count). The van der Waals surface area contributed by atoms with Gasteiger partial charge in [-0.05, 0) is 50.6 Å². The summed E-state index contributed by atoms with van der Waals surface area (Å²) in [4.78, 5) is 12.0. The third-order valence-electron chi connectivity index (χ3n) is 3.53. The first-order valence-corrected chi connectivity index (χ1v) is 7.11. The van der Waals surface area contributed by atoms with Crippen molar-refractivity contribution in [2.24, 2.45) is 5.73 Å². The lowest BCUT2D eigenvalue weighted by Crippen LogP contribution is -2.45. The smallest absolute Gasteiger partial charge is 0.247 e. The van der Waals surface area contributed by atoms with Crippen LogP contribution in [-0.4, -0.2) is 5.91 Å². The molecule has 2 aromatic carbocycles. The lowest BCUT2D eigenvalue weighted by molar-refractivity contribution is -0.122. The van der Waals surface area contributed by atoms with E-state index >= 15 is 0 Å². The summed E-state index contributed by atoms with van der Waals surface area (Å²) < 4.78 is 0. The maximum absolute atomic E-state index is 12.0. The van der Waals surface area contributed by atoms with Gasteiger partial charge in [0.05, 0.1) is 0 Å². The van der Waals surface area contributed by atoms with Gasteiger partial charge in [0.15, 0.2) is 0 Å². The van der Waals surface area contributed by atoms with Crippen LogP contribution in [0.5, 0.6) is 0 Å². The molecule has 1 unspecified atom stereocenters. The van der Waals surface area contributed by atoms with Crippen LogP contribution in [0.3, 0.4) is 0 Å². The van der Waals surface area contributed by atoms with Gasteiger partial charge in [0.2, 0.25) is 5.91 Å². The summed E-state index contributed by atoms with van der Waals surface area (Å²) in [5.41, 5.74) is 8.50. The maximum Gasteiger partial charge on any atom is 0.247 e. The SMILES string of the molecule is Cc1cc(C)cc(C(C)(Nc2ccc(Cl)cc2)C(N)=O)c1. The Kier molecular flexibility index (Phi) is 4.24. The Morgan fingerprint density at radius 2 is 1.62 bits per heavy atom. The Balaban J connectivity index is 2.44. The zero-order valence-corrected chi connectivity index (χ0v) is 13.2. The molecule has 0 aromatic heterocycles. The number of nitrogens with one attached hydrogen (secondary N) is 1. The van der Waals surface area contributed by atoms with Crippen LogP contribution in [-0.2, 0) is 10.3 Å². The quantitative estimate of drug-likeness (QED) is 0.903. The number of hydrogen-bond donors (Lipinski definition) is 2. The van der Waals surface area contributed by atoms with Crippen LogP contribution >= 0.6 is 11.6 Å². The summed E-state index contributed by atoms with van der Waals surface area (Å²) in [7, 11) is 0. The molecule has 2 aromatic rings. The minimum absolute atomic E-state index is 0.428. The summed E-state index contributed by atoms with van der Waals surface area (Å²) in [5, 5.41) is 3.87. The first-order valence-electron chi connectivity index (χ1n) is 6.74. The Morgan fingerprint density at radius 1 is 1.10 bits per heavy atom. The van der Waals surface area contributed by atoms with Crippen LogP contribution in [0.25, 0.3) is 0 Å². The lowest BCUT2D eigenvalue weighted by atomic mass is 9.88. The molecule has 0 saturated carbocycles. The average Bonchev–Trinajstić information content (AvgIpc) is 2.40. The molecule has 0 radical (unpaired) electrons. The van der Waals surface area contributed by atoms with Gasteiger partial charge in [-0.1, -0.05) is 40.9 Å². The largest absolute Gasteiger partial charge is 0.368 e. The van der Waals surface area contributed by atoms with Crippen LogP contribution in [0.4, 0.5) is 5.69 Å². The first kappa shape index (κ1) is 15.4. The van der Waals surface area contributed by atoms with Gasteiger partial charge < -0.3 is 11.1 Å². The monoisotopic (exact) mass is 302 g/mol. The van der Waals surface area contributed by atoms with Crippen molar-refractivity contribution in [3.05, 3.63) is 64.2 Å². The molecule has 3 N–H and O–H groups in total. The second kappa shape index (κ2) is 5.78. The predicted octanol–water partition coefficient (Wildman–Crippen LogP) is 3.77. The van der Waals surface area contributed by atoms with Crippen LogP contribution in [0.1, 0.15) is 23.6 Å². The second-order valence-corrected chi connectivity index (χ2v) is 5.93. The number of amides is 1. The molecular formula is C17H19ClN2O. The van der Waals surface area contributed by atoms with Crippen molar-refractivity contribution in [1.29, 1.82) is 0 Å². The summed E-state index contributed by atoms with van der Waals surface area (Å²) in [6, 6.07) is 13.2. The highest BCUT2D eigenvalue weighted by Crippen LogP contribution is 2.28. The van der Waals surface area contributed by atoms with Crippen LogP contribution < -0.4 is 11.1 Å². The average molecular weight is 303 g/mol. The number of carbonyl (C=O) groups excluding carboxylic acids is 1. The third kappa shape index (κ3) is 3.37. The number of hydrogen-bond acceptors (Lipinski definition) is 2. The molecule has 1 amide bonds. The molecule has 0 aliphatic rings. The van der Waals surface area contributed by atoms with Gasteiger partial charge in [0.1, 0.15) is 5.54 Å². The van der Waals surface area contributed by atoms with Crippen molar-refractivity contribution in [3.63, 3.8) is 0 Å². The third-order valence-corrected chi connectivity index (χ3v) is 3.78. The molecule has 0 aliphatic carbocycles. The van der Waals surface area contributed by atoms with Crippen molar-refractivity contribution >= 4 is 23.2 Å². The fourth-order valence-electron chi connectivity index (χ4n) is 2.36. The standard InChI is InChI=1S/C17H19ClN2O/c1-11-8-12(2)10-13(9-11)17(3,16(19)21)20-15-6-4-14(18)5-7-15/h4-10,20H,1-3H3,(H2,19,21). The zero-order valence-electron chi connectivity index (χ0n) is 12.4. The molecule has 0 aliphatic heterocycles. The van der Waals surface area contributed by atoms with E-state index in [1.54, 1.807) is 19.1 Å². The van der Waals surface area contributed by atoms with Crippen LogP contribution in [0, 0.1) is 13.8 Å². The molecule has 21 heavy (non-hydrogen) atoms. The highest BCUT2D eigenvalue weighted by molar-refractivity contribution is 6.30. The Hall–Kier alpha value is -2.00. The summed E-state index contributed by atoms with van der Waals surface area (Å²) in [6.07, 6.45) is 0. The van der Waals surface area contributed by atoms with Crippen molar-refractivity contribution < 1.29 is 4.79 Å². The summed E-state index contributed by atoms with van der Waals surface area (Å²) in [6.45, 7) is 5.79. The van der Waals surface area contributed by atoms with Crippen molar-refractivity contribution in [2.75, 3.05) is 5.32 Å². The van der Waals surface area contributed by atoms with Gasteiger partial charge in [0.25, 0.3) is 0 Å². The molecule has 0 fully saturated rings. The maximum atomic E-state index is 12.0. The molecule has 1 atom stereocenters. The number of aryl methyl sites for hydroxylation is 2. The minimum atomic E-state index is -0.982. The molecule has 110 valence electrons. The van der Waals surface area contributed by atoms with Crippen LogP contribution in [0.15, 0.2) is 42.5 Å². The predicted molar refractivity (Wildman–Crippen MR) is 87.5 cm³/mol. The number of carbonyl (C=O) groups is 1. The van der Waals surface area contributed by atoms with E-state index in [-0.39, 0.29) is 0 Å². The van der Waals surface area contributed by atoms with Crippen LogP contribution in [0.2, 0.25) is 5.02 Å².